The van der Waals surface area contributed by atoms with Crippen LogP contribution in [0.5, 0.6) is 0 Å². The second kappa shape index (κ2) is 4.78. The molecule has 16 heavy (non-hydrogen) atoms. The van der Waals surface area contributed by atoms with Crippen molar-refractivity contribution in [3.05, 3.63) is 24.0 Å². The molecule has 1 heterocycles. The molecule has 0 bridgehead atoms. The summed E-state index contributed by atoms with van der Waals surface area (Å²) in [4.78, 5) is 4.55. The van der Waals surface area contributed by atoms with Crippen LogP contribution in [0.2, 0.25) is 0 Å². The molecule has 0 aliphatic heterocycles. The molecule has 1 aliphatic carbocycles. The first kappa shape index (κ1) is 11.3. The molecule has 0 aromatic carbocycles. The molecule has 1 aromatic rings. The summed E-state index contributed by atoms with van der Waals surface area (Å²) in [5.41, 5.74) is 7.21. The second-order valence-electron chi connectivity index (χ2n) is 4.42. The molecule has 2 rings (SSSR count). The van der Waals surface area contributed by atoms with Crippen molar-refractivity contribution in [3.8, 4) is 0 Å². The molecule has 4 heteroatoms. The number of nitrogens with one attached hydrogen (secondary N) is 1. The van der Waals surface area contributed by atoms with E-state index < -0.39 is 0 Å². The Kier molecular flexibility index (Phi) is 3.39. The molecule has 3 nitrogen and oxygen atoms in total. The number of hydrogen-bond donors (Lipinski definition) is 2. The number of thiocarbonyl (C=S) groups is 1. The van der Waals surface area contributed by atoms with Gasteiger partial charge in [0.05, 0.1) is 17.6 Å². The highest BCUT2D eigenvalue weighted by molar-refractivity contribution is 7.80. The third-order valence-corrected chi connectivity index (χ3v) is 3.48. The predicted octanol–water partition coefficient (Wildman–Crippen LogP) is 2.32. The number of pyridine rings is 1. The first-order valence-corrected chi connectivity index (χ1v) is 6.10. The third kappa shape index (κ3) is 2.50. The van der Waals surface area contributed by atoms with E-state index in [1.807, 2.05) is 12.1 Å². The van der Waals surface area contributed by atoms with Gasteiger partial charge in [0.2, 0.25) is 0 Å². The zero-order valence-electron chi connectivity index (χ0n) is 9.44. The van der Waals surface area contributed by atoms with Gasteiger partial charge in [0, 0.05) is 6.04 Å². The summed E-state index contributed by atoms with van der Waals surface area (Å²) in [6.07, 6.45) is 5.85. The highest BCUT2D eigenvalue weighted by atomic mass is 32.1. The standard InChI is InChI=1S/C12H17N3S/c1-8(9-3-2-4-9)15-10-5-6-11(12(13)16)14-7-10/h5-9,15H,2-4H2,1H3,(H2,13,16). The van der Waals surface area contributed by atoms with Crippen LogP contribution >= 0.6 is 12.2 Å². The average molecular weight is 235 g/mol. The van der Waals surface area contributed by atoms with Gasteiger partial charge >= 0.3 is 0 Å². The van der Waals surface area contributed by atoms with E-state index in [0.29, 0.717) is 16.7 Å². The SMILES string of the molecule is CC(Nc1ccc(C(N)=S)nc1)C1CCC1. The van der Waals surface area contributed by atoms with E-state index in [9.17, 15) is 0 Å². The second-order valence-corrected chi connectivity index (χ2v) is 4.86. The topological polar surface area (TPSA) is 50.9 Å². The highest BCUT2D eigenvalue weighted by Crippen LogP contribution is 2.30. The van der Waals surface area contributed by atoms with Crippen molar-refractivity contribution in [2.75, 3.05) is 5.32 Å². The Morgan fingerprint density at radius 1 is 1.56 bits per heavy atom. The Labute approximate surface area is 101 Å². The maximum absolute atomic E-state index is 5.49. The van der Waals surface area contributed by atoms with Crippen LogP contribution in [0.3, 0.4) is 0 Å². The Balaban J connectivity index is 1.96. The molecule has 1 atom stereocenters. The predicted molar refractivity (Wildman–Crippen MR) is 70.6 cm³/mol. The molecule has 0 spiro atoms. The van der Waals surface area contributed by atoms with Crippen molar-refractivity contribution in [1.29, 1.82) is 0 Å². The third-order valence-electron chi connectivity index (χ3n) is 3.27. The van der Waals surface area contributed by atoms with E-state index in [1.54, 1.807) is 6.20 Å². The molecule has 0 amide bonds. The molecule has 1 saturated carbocycles. The van der Waals surface area contributed by atoms with Gasteiger partial charge in [-0.3, -0.25) is 4.98 Å². The van der Waals surface area contributed by atoms with Gasteiger partial charge in [-0.1, -0.05) is 18.6 Å². The molecule has 0 saturated heterocycles. The van der Waals surface area contributed by atoms with Gasteiger partial charge in [-0.2, -0.15) is 0 Å². The number of anilines is 1. The smallest absolute Gasteiger partial charge is 0.122 e. The first-order valence-electron chi connectivity index (χ1n) is 5.69. The average Bonchev–Trinajstić information content (AvgIpc) is 2.15. The molecule has 0 radical (unpaired) electrons. The van der Waals surface area contributed by atoms with Gasteiger partial charge < -0.3 is 11.1 Å². The van der Waals surface area contributed by atoms with Crippen molar-refractivity contribution in [2.45, 2.75) is 32.2 Å². The van der Waals surface area contributed by atoms with Gasteiger partial charge in [-0.25, -0.2) is 0 Å². The normalized spacial score (nSPS) is 17.6. The van der Waals surface area contributed by atoms with Crippen LogP contribution < -0.4 is 11.1 Å². The summed E-state index contributed by atoms with van der Waals surface area (Å²) >= 11 is 4.86. The molecular formula is C12H17N3S. The van der Waals surface area contributed by atoms with Crippen molar-refractivity contribution in [1.82, 2.24) is 4.98 Å². The monoisotopic (exact) mass is 235 g/mol. The van der Waals surface area contributed by atoms with Crippen LogP contribution in [0.4, 0.5) is 5.69 Å². The van der Waals surface area contributed by atoms with Gasteiger partial charge in [0.1, 0.15) is 4.99 Å². The van der Waals surface area contributed by atoms with E-state index in [-0.39, 0.29) is 0 Å². The summed E-state index contributed by atoms with van der Waals surface area (Å²) in [5, 5.41) is 3.46. The van der Waals surface area contributed by atoms with Crippen LogP contribution in [0, 0.1) is 5.92 Å². The summed E-state index contributed by atoms with van der Waals surface area (Å²) in [6, 6.07) is 4.36. The van der Waals surface area contributed by atoms with Crippen LogP contribution in [0.15, 0.2) is 18.3 Å². The zero-order valence-corrected chi connectivity index (χ0v) is 10.3. The fourth-order valence-corrected chi connectivity index (χ4v) is 2.07. The summed E-state index contributed by atoms with van der Waals surface area (Å²) < 4.78 is 0. The van der Waals surface area contributed by atoms with Crippen LogP contribution in [-0.4, -0.2) is 16.0 Å². The van der Waals surface area contributed by atoms with Crippen LogP contribution in [0.1, 0.15) is 31.9 Å². The molecule has 1 aromatic heterocycles. The van der Waals surface area contributed by atoms with Crippen LogP contribution in [0.25, 0.3) is 0 Å². The quantitative estimate of drug-likeness (QED) is 0.786. The van der Waals surface area contributed by atoms with Crippen molar-refractivity contribution in [3.63, 3.8) is 0 Å². The first-order chi connectivity index (χ1) is 7.66. The Morgan fingerprint density at radius 3 is 2.75 bits per heavy atom. The Hall–Kier alpha value is -1.16. The largest absolute Gasteiger partial charge is 0.388 e. The molecule has 86 valence electrons. The summed E-state index contributed by atoms with van der Waals surface area (Å²) in [7, 11) is 0. The summed E-state index contributed by atoms with van der Waals surface area (Å²) in [6.45, 7) is 2.23. The fourth-order valence-electron chi connectivity index (χ4n) is 1.95. The number of rotatable bonds is 4. The number of aromatic nitrogens is 1. The minimum Gasteiger partial charge on any atom is -0.388 e. The lowest BCUT2D eigenvalue weighted by molar-refractivity contribution is 0.285. The fraction of sp³-hybridized carbons (Fsp3) is 0.500. The maximum atomic E-state index is 5.49. The lowest BCUT2D eigenvalue weighted by Crippen LogP contribution is -2.30. The molecule has 1 unspecified atom stereocenters. The Bertz CT molecular complexity index is 370. The summed E-state index contributed by atoms with van der Waals surface area (Å²) in [5.74, 6) is 0.815. The minimum absolute atomic E-state index is 0.346. The molecule has 1 aliphatic rings. The van der Waals surface area contributed by atoms with E-state index in [2.05, 4.69) is 17.2 Å². The number of hydrogen-bond acceptors (Lipinski definition) is 3. The molecular weight excluding hydrogens is 218 g/mol. The van der Waals surface area contributed by atoms with E-state index >= 15 is 0 Å². The maximum Gasteiger partial charge on any atom is 0.122 e. The van der Waals surface area contributed by atoms with Gasteiger partial charge in [-0.05, 0) is 37.8 Å². The van der Waals surface area contributed by atoms with Crippen molar-refractivity contribution < 1.29 is 0 Å². The lowest BCUT2D eigenvalue weighted by atomic mass is 9.80. The van der Waals surface area contributed by atoms with Gasteiger partial charge in [-0.15, -0.1) is 0 Å². The minimum atomic E-state index is 0.346. The van der Waals surface area contributed by atoms with Crippen molar-refractivity contribution >= 4 is 22.9 Å². The van der Waals surface area contributed by atoms with E-state index in [4.69, 9.17) is 18.0 Å². The number of nitrogens with two attached hydrogens (primary N) is 1. The van der Waals surface area contributed by atoms with Crippen molar-refractivity contribution in [2.24, 2.45) is 11.7 Å². The lowest BCUT2D eigenvalue weighted by Gasteiger charge is -2.32. The Morgan fingerprint density at radius 2 is 2.31 bits per heavy atom. The van der Waals surface area contributed by atoms with Gasteiger partial charge in [0.15, 0.2) is 0 Å². The van der Waals surface area contributed by atoms with Crippen LogP contribution in [-0.2, 0) is 0 Å². The van der Waals surface area contributed by atoms with E-state index in [1.165, 1.54) is 19.3 Å². The van der Waals surface area contributed by atoms with E-state index in [0.717, 1.165) is 11.6 Å². The zero-order chi connectivity index (χ0) is 11.5. The highest BCUT2D eigenvalue weighted by Gasteiger charge is 2.23. The number of nitrogens with zero attached hydrogens (tertiary/aromatic N) is 1. The molecule has 1 fully saturated rings. The molecule has 3 N–H and O–H groups in total. The van der Waals surface area contributed by atoms with Gasteiger partial charge in [0.25, 0.3) is 0 Å².